The summed E-state index contributed by atoms with van der Waals surface area (Å²) in [6.45, 7) is 4.36. The molecule has 94 valence electrons. The molecule has 0 spiro atoms. The number of ether oxygens (including phenoxy) is 1. The van der Waals surface area contributed by atoms with Crippen molar-refractivity contribution >= 4 is 6.21 Å². The molecule has 1 aromatic rings. The van der Waals surface area contributed by atoms with Crippen LogP contribution in [0.2, 0.25) is 0 Å². The molecule has 3 heteroatoms. The summed E-state index contributed by atoms with van der Waals surface area (Å²) in [5.74, 6) is 1.38. The zero-order valence-electron chi connectivity index (χ0n) is 10.8. The number of methoxy groups -OCH3 is 1. The number of aliphatic hydroxyl groups is 1. The molecule has 0 unspecified atom stereocenters. The van der Waals surface area contributed by atoms with Crippen LogP contribution in [-0.4, -0.2) is 31.1 Å². The fraction of sp³-hybridized carbons (Fsp3) is 0.500. The number of aliphatic imine (C=N–C) groups is 1. The normalized spacial score (nSPS) is 13.2. The topological polar surface area (TPSA) is 41.8 Å². The molecule has 0 aliphatic rings. The molecule has 0 saturated heterocycles. The maximum atomic E-state index is 9.20. The van der Waals surface area contributed by atoms with Gasteiger partial charge in [-0.25, -0.2) is 0 Å². The van der Waals surface area contributed by atoms with Gasteiger partial charge in [0.25, 0.3) is 0 Å². The average molecular weight is 235 g/mol. The molecular formula is C14H21NO2. The van der Waals surface area contributed by atoms with Gasteiger partial charge in [0.15, 0.2) is 0 Å². The molecule has 17 heavy (non-hydrogen) atoms. The highest BCUT2D eigenvalue weighted by Gasteiger charge is 2.06. The lowest BCUT2D eigenvalue weighted by molar-refractivity contribution is 0.251. The second-order valence-corrected chi connectivity index (χ2v) is 4.52. The number of benzene rings is 1. The zero-order chi connectivity index (χ0) is 12.7. The van der Waals surface area contributed by atoms with E-state index in [2.05, 4.69) is 18.8 Å². The van der Waals surface area contributed by atoms with Crippen LogP contribution < -0.4 is 4.74 Å². The monoisotopic (exact) mass is 235 g/mol. The Bertz CT molecular complexity index is 344. The quantitative estimate of drug-likeness (QED) is 0.770. The second-order valence-electron chi connectivity index (χ2n) is 4.52. The Labute approximate surface area is 103 Å². The van der Waals surface area contributed by atoms with E-state index in [0.717, 1.165) is 17.7 Å². The minimum absolute atomic E-state index is 0.00268. The summed E-state index contributed by atoms with van der Waals surface area (Å²) < 4.78 is 5.08. The predicted octanol–water partition coefficient (Wildman–Crippen LogP) is 2.52. The highest BCUT2D eigenvalue weighted by atomic mass is 16.5. The Hall–Kier alpha value is -1.35. The summed E-state index contributed by atoms with van der Waals surface area (Å²) in [4.78, 5) is 4.39. The second kappa shape index (κ2) is 7.07. The Morgan fingerprint density at radius 2 is 1.94 bits per heavy atom. The summed E-state index contributed by atoms with van der Waals surface area (Å²) in [7, 11) is 1.65. The van der Waals surface area contributed by atoms with Crippen molar-refractivity contribution in [2.24, 2.45) is 10.9 Å². The predicted molar refractivity (Wildman–Crippen MR) is 70.9 cm³/mol. The van der Waals surface area contributed by atoms with Crippen LogP contribution in [0.5, 0.6) is 5.75 Å². The van der Waals surface area contributed by atoms with Crippen molar-refractivity contribution in [1.29, 1.82) is 0 Å². The van der Waals surface area contributed by atoms with Crippen LogP contribution in [0.15, 0.2) is 29.3 Å². The first-order valence-corrected chi connectivity index (χ1v) is 5.93. The van der Waals surface area contributed by atoms with Crippen molar-refractivity contribution in [2.45, 2.75) is 26.3 Å². The molecule has 0 saturated carbocycles. The van der Waals surface area contributed by atoms with Crippen LogP contribution in [0.4, 0.5) is 0 Å². The van der Waals surface area contributed by atoms with Crippen molar-refractivity contribution in [3.05, 3.63) is 29.8 Å². The van der Waals surface area contributed by atoms with E-state index in [1.54, 1.807) is 7.11 Å². The van der Waals surface area contributed by atoms with Crippen LogP contribution >= 0.6 is 0 Å². The van der Waals surface area contributed by atoms with Gasteiger partial charge in [0.05, 0.1) is 19.8 Å². The molecule has 0 fully saturated rings. The van der Waals surface area contributed by atoms with Gasteiger partial charge >= 0.3 is 0 Å². The Kier molecular flexibility index (Phi) is 5.70. The van der Waals surface area contributed by atoms with E-state index in [4.69, 9.17) is 4.74 Å². The van der Waals surface area contributed by atoms with Crippen molar-refractivity contribution in [2.75, 3.05) is 13.7 Å². The molecule has 0 bridgehead atoms. The van der Waals surface area contributed by atoms with E-state index < -0.39 is 0 Å². The minimum atomic E-state index is -0.00268. The summed E-state index contributed by atoms with van der Waals surface area (Å²) in [5.41, 5.74) is 1.02. The van der Waals surface area contributed by atoms with Crippen LogP contribution in [0, 0.1) is 5.92 Å². The lowest BCUT2D eigenvalue weighted by atomic mass is 10.1. The molecule has 1 aromatic carbocycles. The van der Waals surface area contributed by atoms with Gasteiger partial charge in [0, 0.05) is 6.21 Å². The van der Waals surface area contributed by atoms with Crippen molar-refractivity contribution in [1.82, 2.24) is 0 Å². The van der Waals surface area contributed by atoms with Crippen LogP contribution in [0.3, 0.4) is 0 Å². The third-order valence-corrected chi connectivity index (χ3v) is 2.50. The standard InChI is InChI=1S/C14H21NO2/c1-11(2)8-13(10-16)15-9-12-4-6-14(17-3)7-5-12/h4-7,9,11,13,16H,8,10H2,1-3H3/t13-/m0/s1. The molecule has 1 N–H and O–H groups in total. The van der Waals surface area contributed by atoms with Gasteiger partial charge < -0.3 is 9.84 Å². The SMILES string of the molecule is COc1ccc(C=N[C@H](CO)CC(C)C)cc1. The summed E-state index contributed by atoms with van der Waals surface area (Å²) >= 11 is 0. The summed E-state index contributed by atoms with van der Waals surface area (Å²) in [6, 6.07) is 7.70. The largest absolute Gasteiger partial charge is 0.497 e. The summed E-state index contributed by atoms with van der Waals surface area (Å²) in [5, 5.41) is 9.20. The maximum Gasteiger partial charge on any atom is 0.118 e. The summed E-state index contributed by atoms with van der Waals surface area (Å²) in [6.07, 6.45) is 2.71. The molecule has 0 aliphatic carbocycles. The highest BCUT2D eigenvalue weighted by molar-refractivity contribution is 5.79. The van der Waals surface area contributed by atoms with E-state index >= 15 is 0 Å². The maximum absolute atomic E-state index is 9.20. The number of hydrogen-bond acceptors (Lipinski definition) is 3. The molecule has 0 radical (unpaired) electrons. The molecular weight excluding hydrogens is 214 g/mol. The minimum Gasteiger partial charge on any atom is -0.497 e. The van der Waals surface area contributed by atoms with Gasteiger partial charge in [-0.2, -0.15) is 0 Å². The number of aliphatic hydroxyl groups excluding tert-OH is 1. The molecule has 3 nitrogen and oxygen atoms in total. The fourth-order valence-corrected chi connectivity index (χ4v) is 1.61. The molecule has 0 amide bonds. The lowest BCUT2D eigenvalue weighted by Gasteiger charge is -2.11. The smallest absolute Gasteiger partial charge is 0.118 e. The van der Waals surface area contributed by atoms with Crippen molar-refractivity contribution < 1.29 is 9.84 Å². The van der Waals surface area contributed by atoms with Gasteiger partial charge in [-0.15, -0.1) is 0 Å². The third kappa shape index (κ3) is 5.00. The number of hydrogen-bond donors (Lipinski definition) is 1. The van der Waals surface area contributed by atoms with Crippen molar-refractivity contribution in [3.63, 3.8) is 0 Å². The number of rotatable bonds is 6. The molecule has 0 aromatic heterocycles. The molecule has 0 heterocycles. The Morgan fingerprint density at radius 3 is 2.41 bits per heavy atom. The Balaban J connectivity index is 2.61. The number of nitrogens with zero attached hydrogens (tertiary/aromatic N) is 1. The first-order valence-electron chi connectivity index (χ1n) is 5.93. The molecule has 1 rings (SSSR count). The highest BCUT2D eigenvalue weighted by Crippen LogP contribution is 2.11. The van der Waals surface area contributed by atoms with Gasteiger partial charge in [-0.05, 0) is 42.2 Å². The Morgan fingerprint density at radius 1 is 1.29 bits per heavy atom. The van der Waals surface area contributed by atoms with Crippen molar-refractivity contribution in [3.8, 4) is 5.75 Å². The third-order valence-electron chi connectivity index (χ3n) is 2.50. The fourth-order valence-electron chi connectivity index (χ4n) is 1.61. The average Bonchev–Trinajstić information content (AvgIpc) is 2.34. The molecule has 0 aliphatic heterocycles. The van der Waals surface area contributed by atoms with E-state index in [1.165, 1.54) is 0 Å². The van der Waals surface area contributed by atoms with E-state index in [1.807, 2.05) is 30.5 Å². The van der Waals surface area contributed by atoms with Gasteiger partial charge in [0.1, 0.15) is 5.75 Å². The van der Waals surface area contributed by atoms with Gasteiger partial charge in [0.2, 0.25) is 0 Å². The lowest BCUT2D eigenvalue weighted by Crippen LogP contribution is -2.13. The first-order chi connectivity index (χ1) is 8.15. The van der Waals surface area contributed by atoms with E-state index in [0.29, 0.717) is 5.92 Å². The van der Waals surface area contributed by atoms with E-state index in [-0.39, 0.29) is 12.6 Å². The zero-order valence-corrected chi connectivity index (χ0v) is 10.8. The van der Waals surface area contributed by atoms with Crippen LogP contribution in [0.1, 0.15) is 25.8 Å². The van der Waals surface area contributed by atoms with Gasteiger partial charge in [-0.1, -0.05) is 13.8 Å². The molecule has 1 atom stereocenters. The van der Waals surface area contributed by atoms with E-state index in [9.17, 15) is 5.11 Å². The first kappa shape index (κ1) is 13.7. The van der Waals surface area contributed by atoms with Crippen LogP contribution in [-0.2, 0) is 0 Å². The van der Waals surface area contributed by atoms with Crippen LogP contribution in [0.25, 0.3) is 0 Å². The van der Waals surface area contributed by atoms with Gasteiger partial charge in [-0.3, -0.25) is 4.99 Å².